The van der Waals surface area contributed by atoms with Crippen LogP contribution >= 0.6 is 0 Å². The molecule has 0 aromatic heterocycles. The van der Waals surface area contributed by atoms with Gasteiger partial charge in [0.1, 0.15) is 6.04 Å². The van der Waals surface area contributed by atoms with E-state index in [2.05, 4.69) is 16.0 Å². The summed E-state index contributed by atoms with van der Waals surface area (Å²) >= 11 is 0. The molecule has 0 saturated carbocycles. The predicted octanol–water partition coefficient (Wildman–Crippen LogP) is -2.71. The average molecular weight is 443 g/mol. The smallest absolute Gasteiger partial charge is 0.303 e. The average Bonchev–Trinajstić information content (AvgIpc) is 2.69. The Morgan fingerprint density at radius 3 is 2.19 bits per heavy atom. The van der Waals surface area contributed by atoms with Gasteiger partial charge < -0.3 is 30.9 Å². The van der Waals surface area contributed by atoms with E-state index >= 15 is 0 Å². The standard InChI is InChI=1S/C19H34N6O6/c1-4-20-15(26)11-21-19(31)14(5-6-18(29)30)22-16(27)12-24-7-9-25(10-8-24)17(28)13-23(2)3/h14H,4-13H2,1-3H3,(H,20,26)(H,21,31)(H,22,27)(H,29,30). The zero-order valence-electron chi connectivity index (χ0n) is 18.5. The van der Waals surface area contributed by atoms with Crippen molar-refractivity contribution in [2.75, 3.05) is 66.5 Å². The topological polar surface area (TPSA) is 151 Å². The number of carbonyl (C=O) groups is 5. The summed E-state index contributed by atoms with van der Waals surface area (Å²) in [6.45, 7) is 4.33. The lowest BCUT2D eigenvalue weighted by atomic mass is 10.1. The Morgan fingerprint density at radius 1 is 1.00 bits per heavy atom. The number of piperazine rings is 1. The molecule has 0 spiro atoms. The molecule has 1 heterocycles. The normalized spacial score (nSPS) is 15.3. The number of amides is 4. The number of hydrogen-bond donors (Lipinski definition) is 4. The van der Waals surface area contributed by atoms with Gasteiger partial charge in [-0.05, 0) is 27.4 Å². The fourth-order valence-corrected chi connectivity index (χ4v) is 3.06. The second-order valence-corrected chi connectivity index (χ2v) is 7.62. The fourth-order valence-electron chi connectivity index (χ4n) is 3.06. The van der Waals surface area contributed by atoms with Crippen LogP contribution in [0.15, 0.2) is 0 Å². The Bertz CT molecular complexity index is 648. The Balaban J connectivity index is 2.52. The summed E-state index contributed by atoms with van der Waals surface area (Å²) in [6, 6.07) is -1.05. The lowest BCUT2D eigenvalue weighted by Gasteiger charge is -2.35. The summed E-state index contributed by atoms with van der Waals surface area (Å²) in [6.07, 6.45) is -0.388. The highest BCUT2D eigenvalue weighted by molar-refractivity contribution is 5.91. The van der Waals surface area contributed by atoms with Crippen LogP contribution in [0.2, 0.25) is 0 Å². The molecule has 1 aliphatic rings. The maximum Gasteiger partial charge on any atom is 0.303 e. The van der Waals surface area contributed by atoms with Crippen LogP contribution in [0.5, 0.6) is 0 Å². The molecule has 4 amide bonds. The van der Waals surface area contributed by atoms with E-state index in [4.69, 9.17) is 5.11 Å². The van der Waals surface area contributed by atoms with Crippen LogP contribution in [-0.2, 0) is 24.0 Å². The van der Waals surface area contributed by atoms with Crippen LogP contribution in [0.25, 0.3) is 0 Å². The Hall–Kier alpha value is -2.73. The van der Waals surface area contributed by atoms with E-state index in [9.17, 15) is 24.0 Å². The number of carboxylic acids is 1. The predicted molar refractivity (Wildman–Crippen MR) is 112 cm³/mol. The van der Waals surface area contributed by atoms with Gasteiger partial charge in [0.15, 0.2) is 0 Å². The molecule has 1 fully saturated rings. The first kappa shape index (κ1) is 26.3. The van der Waals surface area contributed by atoms with E-state index in [1.54, 1.807) is 16.7 Å². The summed E-state index contributed by atoms with van der Waals surface area (Å²) in [5.41, 5.74) is 0. The van der Waals surface area contributed by atoms with E-state index in [-0.39, 0.29) is 37.7 Å². The molecule has 12 heteroatoms. The van der Waals surface area contributed by atoms with Crippen LogP contribution in [0.4, 0.5) is 0 Å². The first-order chi connectivity index (χ1) is 14.6. The molecule has 1 saturated heterocycles. The van der Waals surface area contributed by atoms with Crippen molar-refractivity contribution in [3.8, 4) is 0 Å². The molecular formula is C19H34N6O6. The Kier molecular flexibility index (Phi) is 11.5. The molecular weight excluding hydrogens is 408 g/mol. The molecule has 0 aromatic rings. The maximum absolute atomic E-state index is 12.4. The summed E-state index contributed by atoms with van der Waals surface area (Å²) in [7, 11) is 3.65. The number of carboxylic acid groups (broad SMARTS) is 1. The molecule has 1 rings (SSSR count). The Labute approximate surface area is 182 Å². The van der Waals surface area contributed by atoms with Crippen LogP contribution < -0.4 is 16.0 Å². The van der Waals surface area contributed by atoms with Crippen molar-refractivity contribution in [1.29, 1.82) is 0 Å². The molecule has 31 heavy (non-hydrogen) atoms. The van der Waals surface area contributed by atoms with Crippen molar-refractivity contribution in [2.24, 2.45) is 0 Å². The SMILES string of the molecule is CCNC(=O)CNC(=O)C(CCC(=O)O)NC(=O)CN1CCN(C(=O)CN(C)C)CC1. The lowest BCUT2D eigenvalue weighted by Crippen LogP contribution is -2.54. The van der Waals surface area contributed by atoms with Gasteiger partial charge in [-0.15, -0.1) is 0 Å². The Morgan fingerprint density at radius 2 is 1.65 bits per heavy atom. The lowest BCUT2D eigenvalue weighted by molar-refractivity contribution is -0.138. The molecule has 1 unspecified atom stereocenters. The van der Waals surface area contributed by atoms with Gasteiger partial charge >= 0.3 is 5.97 Å². The molecule has 0 aliphatic carbocycles. The zero-order chi connectivity index (χ0) is 23.4. The first-order valence-electron chi connectivity index (χ1n) is 10.3. The number of nitrogens with one attached hydrogen (secondary N) is 3. The largest absolute Gasteiger partial charge is 0.481 e. The van der Waals surface area contributed by atoms with Crippen molar-refractivity contribution in [2.45, 2.75) is 25.8 Å². The second-order valence-electron chi connectivity index (χ2n) is 7.62. The summed E-state index contributed by atoms with van der Waals surface area (Å²) in [5.74, 6) is -2.46. The number of carbonyl (C=O) groups excluding carboxylic acids is 4. The number of aliphatic carboxylic acids is 1. The van der Waals surface area contributed by atoms with Crippen LogP contribution in [0.3, 0.4) is 0 Å². The van der Waals surface area contributed by atoms with E-state index in [0.29, 0.717) is 39.3 Å². The van der Waals surface area contributed by atoms with E-state index in [1.165, 1.54) is 0 Å². The van der Waals surface area contributed by atoms with E-state index < -0.39 is 23.8 Å². The minimum absolute atomic E-state index is 0.0306. The maximum atomic E-state index is 12.4. The van der Waals surface area contributed by atoms with Gasteiger partial charge in [0, 0.05) is 39.1 Å². The third kappa shape index (κ3) is 10.7. The molecule has 1 atom stereocenters. The highest BCUT2D eigenvalue weighted by Crippen LogP contribution is 2.04. The van der Waals surface area contributed by atoms with E-state index in [0.717, 1.165) is 0 Å². The van der Waals surface area contributed by atoms with Gasteiger partial charge in [-0.2, -0.15) is 0 Å². The second kappa shape index (κ2) is 13.5. The van der Waals surface area contributed by atoms with Crippen molar-refractivity contribution in [3.63, 3.8) is 0 Å². The minimum Gasteiger partial charge on any atom is -0.481 e. The number of rotatable bonds is 12. The van der Waals surface area contributed by atoms with Crippen LogP contribution in [0, 0.1) is 0 Å². The van der Waals surface area contributed by atoms with Gasteiger partial charge in [-0.1, -0.05) is 0 Å². The van der Waals surface area contributed by atoms with Gasteiger partial charge in [0.05, 0.1) is 19.6 Å². The fraction of sp³-hybridized carbons (Fsp3) is 0.737. The summed E-state index contributed by atoms with van der Waals surface area (Å²) in [4.78, 5) is 64.7. The van der Waals surface area contributed by atoms with Gasteiger partial charge in [0.25, 0.3) is 0 Å². The monoisotopic (exact) mass is 442 g/mol. The number of likely N-dealkylation sites (N-methyl/N-ethyl adjacent to an activating group) is 2. The van der Waals surface area contributed by atoms with Crippen molar-refractivity contribution in [3.05, 3.63) is 0 Å². The molecule has 4 N–H and O–H groups in total. The minimum atomic E-state index is -1.09. The summed E-state index contributed by atoms with van der Waals surface area (Å²) < 4.78 is 0. The van der Waals surface area contributed by atoms with Crippen molar-refractivity contribution in [1.82, 2.24) is 30.7 Å². The molecule has 12 nitrogen and oxygen atoms in total. The third-order valence-electron chi connectivity index (χ3n) is 4.64. The molecule has 176 valence electrons. The van der Waals surface area contributed by atoms with Crippen LogP contribution in [-0.4, -0.2) is 122 Å². The molecule has 0 radical (unpaired) electrons. The third-order valence-corrected chi connectivity index (χ3v) is 4.64. The van der Waals surface area contributed by atoms with Crippen molar-refractivity contribution >= 4 is 29.6 Å². The van der Waals surface area contributed by atoms with Gasteiger partial charge in [0.2, 0.25) is 23.6 Å². The summed E-state index contributed by atoms with van der Waals surface area (Å²) in [5, 5.41) is 16.4. The molecule has 0 aromatic carbocycles. The van der Waals surface area contributed by atoms with Gasteiger partial charge in [-0.25, -0.2) is 0 Å². The highest BCUT2D eigenvalue weighted by Gasteiger charge is 2.26. The van der Waals surface area contributed by atoms with E-state index in [1.807, 2.05) is 19.0 Å². The number of hydrogen-bond acceptors (Lipinski definition) is 7. The first-order valence-corrected chi connectivity index (χ1v) is 10.3. The number of nitrogens with zero attached hydrogens (tertiary/aromatic N) is 3. The van der Waals surface area contributed by atoms with Crippen molar-refractivity contribution < 1.29 is 29.1 Å². The molecule has 1 aliphatic heterocycles. The van der Waals surface area contributed by atoms with Crippen LogP contribution in [0.1, 0.15) is 19.8 Å². The zero-order valence-corrected chi connectivity index (χ0v) is 18.5. The molecule has 0 bridgehead atoms. The quantitative estimate of drug-likeness (QED) is 0.255. The highest BCUT2D eigenvalue weighted by atomic mass is 16.4. The van der Waals surface area contributed by atoms with Gasteiger partial charge in [-0.3, -0.25) is 28.9 Å².